The number of hydrazine groups is 2. The normalized spacial score (nSPS) is 13.6. The Balaban J connectivity index is 1.62. The van der Waals surface area contributed by atoms with Gasteiger partial charge in [-0.05, 0) is 50.6 Å². The predicted octanol–water partition coefficient (Wildman–Crippen LogP) is 3.13. The molecule has 2 heterocycles. The maximum atomic E-state index is 10.0. The van der Waals surface area contributed by atoms with Crippen LogP contribution in [-0.4, -0.2) is 27.4 Å². The lowest BCUT2D eigenvalue weighted by atomic mass is 10.1. The molecular formula is C19H21N5O2. The molecule has 0 aliphatic carbocycles. The number of aryl methyl sites for hydroxylation is 1. The average Bonchev–Trinajstić information content (AvgIpc) is 3.21. The highest BCUT2D eigenvalue weighted by molar-refractivity contribution is 5.78. The van der Waals surface area contributed by atoms with E-state index in [1.807, 2.05) is 54.4 Å². The SMILES string of the molecule is Cc1ccccc1-c1nc(-c2ccc3c(c2)NNN3CC(C)(C)O)no1. The van der Waals surface area contributed by atoms with Crippen LogP contribution in [0.3, 0.4) is 0 Å². The standard InChI is InChI=1S/C19H21N5O2/c1-12-6-4-5-7-14(12)18-20-17(22-26-18)13-8-9-16-15(10-13)21-23-24(16)11-19(2,3)25/h4-10,21,23,25H,11H2,1-3H3. The van der Waals surface area contributed by atoms with Gasteiger partial charge < -0.3 is 15.1 Å². The van der Waals surface area contributed by atoms with Gasteiger partial charge in [0.15, 0.2) is 0 Å². The zero-order valence-electron chi connectivity index (χ0n) is 14.9. The molecule has 0 saturated heterocycles. The monoisotopic (exact) mass is 351 g/mol. The Kier molecular flexibility index (Phi) is 3.90. The van der Waals surface area contributed by atoms with Crippen LogP contribution in [0.25, 0.3) is 22.8 Å². The van der Waals surface area contributed by atoms with Gasteiger partial charge in [0.05, 0.1) is 23.5 Å². The molecule has 0 radical (unpaired) electrons. The minimum atomic E-state index is -0.814. The molecule has 0 amide bonds. The first-order valence-corrected chi connectivity index (χ1v) is 8.46. The molecule has 0 bridgehead atoms. The summed E-state index contributed by atoms with van der Waals surface area (Å²) in [7, 11) is 0. The van der Waals surface area contributed by atoms with Gasteiger partial charge in [-0.15, -0.1) is 5.53 Å². The van der Waals surface area contributed by atoms with Crippen molar-refractivity contribution in [2.45, 2.75) is 26.4 Å². The number of β-amino-alcohol motifs (C(OH)–C–C–N with tert-alkyl or cyclic N) is 1. The molecule has 134 valence electrons. The third-order valence-corrected chi connectivity index (χ3v) is 4.22. The second kappa shape index (κ2) is 6.12. The first-order chi connectivity index (χ1) is 12.4. The second-order valence-electron chi connectivity index (χ2n) is 7.11. The predicted molar refractivity (Wildman–Crippen MR) is 100 cm³/mol. The molecule has 7 heteroatoms. The summed E-state index contributed by atoms with van der Waals surface area (Å²) >= 11 is 0. The number of rotatable bonds is 4. The van der Waals surface area contributed by atoms with Crippen molar-refractivity contribution >= 4 is 11.4 Å². The maximum absolute atomic E-state index is 10.0. The van der Waals surface area contributed by atoms with E-state index in [2.05, 4.69) is 21.1 Å². The van der Waals surface area contributed by atoms with Crippen molar-refractivity contribution in [1.29, 1.82) is 0 Å². The second-order valence-corrected chi connectivity index (χ2v) is 7.11. The molecule has 1 aliphatic heterocycles. The Bertz CT molecular complexity index is 945. The van der Waals surface area contributed by atoms with Crippen molar-refractivity contribution in [3.63, 3.8) is 0 Å². The van der Waals surface area contributed by atoms with Crippen LogP contribution in [0.5, 0.6) is 0 Å². The molecule has 4 rings (SSSR count). The highest BCUT2D eigenvalue weighted by atomic mass is 16.5. The number of benzene rings is 2. The summed E-state index contributed by atoms with van der Waals surface area (Å²) in [5.41, 5.74) is 10.1. The Morgan fingerprint density at radius 2 is 2.00 bits per heavy atom. The van der Waals surface area contributed by atoms with E-state index in [4.69, 9.17) is 4.52 Å². The number of hydrogen-bond donors (Lipinski definition) is 3. The molecule has 26 heavy (non-hydrogen) atoms. The van der Waals surface area contributed by atoms with E-state index in [1.165, 1.54) is 0 Å². The largest absolute Gasteiger partial charge is 0.389 e. The van der Waals surface area contributed by atoms with Crippen LogP contribution >= 0.6 is 0 Å². The number of hydrogen-bond acceptors (Lipinski definition) is 7. The topological polar surface area (TPSA) is 86.5 Å². The van der Waals surface area contributed by atoms with E-state index in [0.717, 1.165) is 28.1 Å². The molecule has 3 aromatic rings. The molecule has 3 N–H and O–H groups in total. The number of nitrogens with zero attached hydrogens (tertiary/aromatic N) is 3. The lowest BCUT2D eigenvalue weighted by Crippen LogP contribution is -2.45. The van der Waals surface area contributed by atoms with Gasteiger partial charge in [-0.1, -0.05) is 23.4 Å². The zero-order valence-corrected chi connectivity index (χ0v) is 14.9. The number of fused-ring (bicyclic) bond motifs is 1. The van der Waals surface area contributed by atoms with Gasteiger partial charge >= 0.3 is 0 Å². The van der Waals surface area contributed by atoms with Crippen LogP contribution < -0.4 is 16.0 Å². The smallest absolute Gasteiger partial charge is 0.258 e. The van der Waals surface area contributed by atoms with Gasteiger partial charge in [0.2, 0.25) is 5.82 Å². The number of aromatic nitrogens is 2. The van der Waals surface area contributed by atoms with Crippen molar-refractivity contribution < 1.29 is 9.63 Å². The number of aliphatic hydroxyl groups is 1. The van der Waals surface area contributed by atoms with E-state index in [0.29, 0.717) is 18.3 Å². The minimum absolute atomic E-state index is 0.450. The molecule has 0 fully saturated rings. The molecule has 0 saturated carbocycles. The third-order valence-electron chi connectivity index (χ3n) is 4.22. The first-order valence-electron chi connectivity index (χ1n) is 8.46. The summed E-state index contributed by atoms with van der Waals surface area (Å²) in [6.45, 7) is 6.01. The van der Waals surface area contributed by atoms with Crippen LogP contribution in [0.15, 0.2) is 47.0 Å². The molecular weight excluding hydrogens is 330 g/mol. The molecule has 0 unspecified atom stereocenters. The number of anilines is 2. The molecule has 0 spiro atoms. The molecule has 2 aromatic carbocycles. The maximum Gasteiger partial charge on any atom is 0.258 e. The van der Waals surface area contributed by atoms with Crippen molar-refractivity contribution in [2.75, 3.05) is 17.0 Å². The fourth-order valence-electron chi connectivity index (χ4n) is 2.97. The summed E-state index contributed by atoms with van der Waals surface area (Å²) in [5, 5.41) is 16.0. The summed E-state index contributed by atoms with van der Waals surface area (Å²) < 4.78 is 5.45. The van der Waals surface area contributed by atoms with Crippen molar-refractivity contribution in [2.24, 2.45) is 0 Å². The van der Waals surface area contributed by atoms with Gasteiger partial charge in [0.25, 0.3) is 5.89 Å². The summed E-state index contributed by atoms with van der Waals surface area (Å²) in [6, 6.07) is 13.8. The summed E-state index contributed by atoms with van der Waals surface area (Å²) in [5.74, 6) is 1.04. The van der Waals surface area contributed by atoms with Crippen LogP contribution in [-0.2, 0) is 0 Å². The Labute approximate surface area is 151 Å². The van der Waals surface area contributed by atoms with Gasteiger partial charge in [-0.3, -0.25) is 5.01 Å². The van der Waals surface area contributed by atoms with Crippen LogP contribution in [0.2, 0.25) is 0 Å². The van der Waals surface area contributed by atoms with E-state index < -0.39 is 5.60 Å². The fourth-order valence-corrected chi connectivity index (χ4v) is 2.97. The first kappa shape index (κ1) is 16.6. The third kappa shape index (κ3) is 3.14. The average molecular weight is 351 g/mol. The van der Waals surface area contributed by atoms with Gasteiger partial charge in [0.1, 0.15) is 0 Å². The van der Waals surface area contributed by atoms with Crippen molar-refractivity contribution in [3.8, 4) is 22.8 Å². The van der Waals surface area contributed by atoms with E-state index >= 15 is 0 Å². The molecule has 1 aliphatic rings. The zero-order chi connectivity index (χ0) is 18.3. The van der Waals surface area contributed by atoms with Crippen LogP contribution in [0.4, 0.5) is 11.4 Å². The lowest BCUT2D eigenvalue weighted by Gasteiger charge is -2.26. The van der Waals surface area contributed by atoms with Gasteiger partial charge in [-0.2, -0.15) is 4.98 Å². The lowest BCUT2D eigenvalue weighted by molar-refractivity contribution is 0.0858. The molecule has 1 aromatic heterocycles. The Morgan fingerprint density at radius 3 is 2.77 bits per heavy atom. The van der Waals surface area contributed by atoms with Gasteiger partial charge in [0, 0.05) is 11.1 Å². The molecule has 0 atom stereocenters. The summed E-state index contributed by atoms with van der Waals surface area (Å²) in [4.78, 5) is 4.54. The van der Waals surface area contributed by atoms with E-state index in [-0.39, 0.29) is 0 Å². The quantitative estimate of drug-likeness (QED) is 0.666. The van der Waals surface area contributed by atoms with Crippen LogP contribution in [0.1, 0.15) is 19.4 Å². The van der Waals surface area contributed by atoms with E-state index in [1.54, 1.807) is 13.8 Å². The highest BCUT2D eigenvalue weighted by Gasteiger charge is 2.25. The van der Waals surface area contributed by atoms with Crippen LogP contribution in [0, 0.1) is 6.92 Å². The van der Waals surface area contributed by atoms with Crippen molar-refractivity contribution in [3.05, 3.63) is 48.0 Å². The summed E-state index contributed by atoms with van der Waals surface area (Å²) in [6.07, 6.45) is 0. The minimum Gasteiger partial charge on any atom is -0.389 e. The fraction of sp³-hybridized carbons (Fsp3) is 0.263. The van der Waals surface area contributed by atoms with Crippen molar-refractivity contribution in [1.82, 2.24) is 15.7 Å². The van der Waals surface area contributed by atoms with E-state index in [9.17, 15) is 5.11 Å². The Hall–Kier alpha value is -2.90. The Morgan fingerprint density at radius 1 is 1.19 bits per heavy atom. The highest BCUT2D eigenvalue weighted by Crippen LogP contribution is 2.34. The molecule has 7 nitrogen and oxygen atoms in total. The van der Waals surface area contributed by atoms with Gasteiger partial charge in [-0.25, -0.2) is 0 Å². The number of nitrogens with one attached hydrogen (secondary N) is 2.